The van der Waals surface area contributed by atoms with Crippen molar-refractivity contribution in [3.05, 3.63) is 84.4 Å². The number of H-pyrrole nitrogens is 1. The van der Waals surface area contributed by atoms with Gasteiger partial charge in [0.25, 0.3) is 0 Å². The fourth-order valence-electron chi connectivity index (χ4n) is 2.83. The van der Waals surface area contributed by atoms with Crippen LogP contribution in [0.2, 0.25) is 0 Å². The van der Waals surface area contributed by atoms with Gasteiger partial charge in [0.05, 0.1) is 0 Å². The number of fused-ring (bicyclic) bond motifs is 1. The van der Waals surface area contributed by atoms with E-state index in [0.717, 1.165) is 0 Å². The summed E-state index contributed by atoms with van der Waals surface area (Å²) in [5, 5.41) is 1.25. The molecule has 0 aliphatic rings. The topological polar surface area (TPSA) is 15.8 Å². The normalized spacial score (nSPS) is 11.0. The van der Waals surface area contributed by atoms with Crippen molar-refractivity contribution in [1.29, 1.82) is 0 Å². The maximum absolute atomic E-state index is 3.51. The molecule has 0 amide bonds. The van der Waals surface area contributed by atoms with E-state index < -0.39 is 0 Å². The lowest BCUT2D eigenvalue weighted by atomic mass is 10.0. The minimum absolute atomic E-state index is 1.17. The van der Waals surface area contributed by atoms with E-state index in [1.807, 2.05) is 6.07 Å². The molecule has 0 saturated heterocycles. The van der Waals surface area contributed by atoms with E-state index in [4.69, 9.17) is 0 Å². The molecule has 0 fully saturated rings. The number of hydrogen-bond donors (Lipinski definition) is 1. The lowest BCUT2D eigenvalue weighted by Crippen LogP contribution is -1.77. The summed E-state index contributed by atoms with van der Waals surface area (Å²) in [7, 11) is 0. The fraction of sp³-hybridized carbons (Fsp3) is 0.0476. The van der Waals surface area contributed by atoms with Gasteiger partial charge in [-0.3, -0.25) is 0 Å². The zero-order chi connectivity index (χ0) is 14.9. The minimum atomic E-state index is 1.17. The highest BCUT2D eigenvalue weighted by molar-refractivity contribution is 5.89. The Bertz CT molecular complexity index is 915. The van der Waals surface area contributed by atoms with Crippen molar-refractivity contribution in [2.75, 3.05) is 0 Å². The number of aromatic amines is 1. The second kappa shape index (κ2) is 5.19. The molecule has 0 spiro atoms. The maximum atomic E-state index is 3.51. The molecule has 0 aliphatic carbocycles. The number of aryl methyl sites for hydroxylation is 1. The third kappa shape index (κ3) is 2.31. The Morgan fingerprint density at radius 2 is 1.36 bits per heavy atom. The third-order valence-corrected chi connectivity index (χ3v) is 4.09. The van der Waals surface area contributed by atoms with E-state index in [9.17, 15) is 0 Å². The Morgan fingerprint density at radius 3 is 2.14 bits per heavy atom. The maximum Gasteiger partial charge on any atom is 0.0464 e. The van der Waals surface area contributed by atoms with Crippen molar-refractivity contribution in [3.63, 3.8) is 0 Å². The van der Waals surface area contributed by atoms with Crippen LogP contribution >= 0.6 is 0 Å². The van der Waals surface area contributed by atoms with E-state index in [-0.39, 0.29) is 0 Å². The van der Waals surface area contributed by atoms with E-state index in [1.54, 1.807) is 0 Å². The van der Waals surface area contributed by atoms with Gasteiger partial charge in [-0.25, -0.2) is 0 Å². The Morgan fingerprint density at radius 1 is 0.636 bits per heavy atom. The van der Waals surface area contributed by atoms with E-state index in [2.05, 4.69) is 84.7 Å². The van der Waals surface area contributed by atoms with Gasteiger partial charge in [0.1, 0.15) is 0 Å². The summed E-state index contributed by atoms with van der Waals surface area (Å²) in [6.07, 6.45) is 0. The fourth-order valence-corrected chi connectivity index (χ4v) is 2.83. The molecule has 0 unspecified atom stereocenters. The molecule has 3 aromatic carbocycles. The van der Waals surface area contributed by atoms with Crippen molar-refractivity contribution in [2.24, 2.45) is 0 Å². The van der Waals surface area contributed by atoms with Crippen molar-refractivity contribution in [2.45, 2.75) is 6.92 Å². The van der Waals surface area contributed by atoms with Gasteiger partial charge in [-0.05, 0) is 41.8 Å². The molecule has 0 atom stereocenters. The van der Waals surface area contributed by atoms with Gasteiger partial charge in [-0.15, -0.1) is 0 Å². The summed E-state index contributed by atoms with van der Waals surface area (Å²) >= 11 is 0. The van der Waals surface area contributed by atoms with Gasteiger partial charge in [-0.2, -0.15) is 0 Å². The molecular weight excluding hydrogens is 266 g/mol. The van der Waals surface area contributed by atoms with E-state index >= 15 is 0 Å². The van der Waals surface area contributed by atoms with Crippen LogP contribution in [0.4, 0.5) is 0 Å². The second-order valence-corrected chi connectivity index (χ2v) is 5.72. The number of benzene rings is 3. The molecule has 0 saturated carbocycles. The van der Waals surface area contributed by atoms with Crippen LogP contribution in [0.15, 0.2) is 78.9 Å². The van der Waals surface area contributed by atoms with Crippen molar-refractivity contribution in [1.82, 2.24) is 4.98 Å². The summed E-state index contributed by atoms with van der Waals surface area (Å²) in [6, 6.07) is 27.9. The first-order valence-electron chi connectivity index (χ1n) is 7.55. The smallest absolute Gasteiger partial charge is 0.0464 e. The predicted octanol–water partition coefficient (Wildman–Crippen LogP) is 5.81. The molecule has 1 aromatic heterocycles. The lowest BCUT2D eigenvalue weighted by molar-refractivity contribution is 1.42. The quantitative estimate of drug-likeness (QED) is 0.478. The molecule has 4 rings (SSSR count). The minimum Gasteiger partial charge on any atom is -0.355 e. The average molecular weight is 283 g/mol. The molecule has 1 N–H and O–H groups in total. The second-order valence-electron chi connectivity index (χ2n) is 5.72. The van der Waals surface area contributed by atoms with Crippen LogP contribution in [-0.4, -0.2) is 4.98 Å². The molecule has 106 valence electrons. The third-order valence-electron chi connectivity index (χ3n) is 4.09. The molecule has 0 bridgehead atoms. The Labute approximate surface area is 130 Å². The first-order chi connectivity index (χ1) is 10.8. The van der Waals surface area contributed by atoms with Gasteiger partial charge in [0.15, 0.2) is 0 Å². The Hall–Kier alpha value is -2.80. The monoisotopic (exact) mass is 283 g/mol. The van der Waals surface area contributed by atoms with Crippen LogP contribution in [-0.2, 0) is 0 Å². The zero-order valence-electron chi connectivity index (χ0n) is 12.5. The van der Waals surface area contributed by atoms with Crippen molar-refractivity contribution in [3.8, 4) is 22.4 Å². The van der Waals surface area contributed by atoms with Gasteiger partial charge < -0.3 is 4.98 Å². The SMILES string of the molecule is Cc1ccc(-c2cc3cc(-c4ccccc4)ccc3[nH]2)cc1. The largest absolute Gasteiger partial charge is 0.355 e. The molecule has 22 heavy (non-hydrogen) atoms. The zero-order valence-corrected chi connectivity index (χ0v) is 12.5. The Kier molecular flexibility index (Phi) is 3.05. The van der Waals surface area contributed by atoms with Crippen LogP contribution < -0.4 is 0 Å². The summed E-state index contributed by atoms with van der Waals surface area (Å²) in [6.45, 7) is 2.11. The van der Waals surface area contributed by atoms with Crippen molar-refractivity contribution < 1.29 is 0 Å². The molecule has 0 radical (unpaired) electrons. The van der Waals surface area contributed by atoms with Gasteiger partial charge in [-0.1, -0.05) is 66.2 Å². The van der Waals surface area contributed by atoms with Crippen LogP contribution in [0.3, 0.4) is 0 Å². The molecule has 1 nitrogen and oxygen atoms in total. The van der Waals surface area contributed by atoms with Crippen molar-refractivity contribution >= 4 is 10.9 Å². The Balaban J connectivity index is 1.80. The molecule has 0 aliphatic heterocycles. The van der Waals surface area contributed by atoms with Crippen LogP contribution in [0.5, 0.6) is 0 Å². The summed E-state index contributed by atoms with van der Waals surface area (Å²) in [5.41, 5.74) is 7.36. The molecule has 1 heterocycles. The van der Waals surface area contributed by atoms with Gasteiger partial charge in [0, 0.05) is 16.6 Å². The van der Waals surface area contributed by atoms with Crippen LogP contribution in [0, 0.1) is 6.92 Å². The van der Waals surface area contributed by atoms with E-state index in [1.165, 1.54) is 38.9 Å². The molecule has 1 heteroatoms. The molecule has 4 aromatic rings. The summed E-state index contributed by atoms with van der Waals surface area (Å²) in [5.74, 6) is 0. The molecular formula is C21H17N. The predicted molar refractivity (Wildman–Crippen MR) is 93.9 cm³/mol. The lowest BCUT2D eigenvalue weighted by Gasteiger charge is -2.00. The highest BCUT2D eigenvalue weighted by Crippen LogP contribution is 2.28. The number of aromatic nitrogens is 1. The first-order valence-corrected chi connectivity index (χ1v) is 7.55. The average Bonchev–Trinajstić information content (AvgIpc) is 2.99. The number of rotatable bonds is 2. The summed E-state index contributed by atoms with van der Waals surface area (Å²) in [4.78, 5) is 3.51. The number of hydrogen-bond acceptors (Lipinski definition) is 0. The number of nitrogens with one attached hydrogen (secondary N) is 1. The van der Waals surface area contributed by atoms with Crippen LogP contribution in [0.25, 0.3) is 33.3 Å². The summed E-state index contributed by atoms with van der Waals surface area (Å²) < 4.78 is 0. The van der Waals surface area contributed by atoms with Gasteiger partial charge >= 0.3 is 0 Å². The standard InChI is InChI=1S/C21H17N/c1-15-7-9-17(10-8-15)21-14-19-13-18(11-12-20(19)22-21)16-5-3-2-4-6-16/h2-14,22H,1H3. The van der Waals surface area contributed by atoms with Gasteiger partial charge in [0.2, 0.25) is 0 Å². The highest BCUT2D eigenvalue weighted by atomic mass is 14.7. The first kappa shape index (κ1) is 12.9. The van der Waals surface area contributed by atoms with Crippen LogP contribution in [0.1, 0.15) is 5.56 Å². The van der Waals surface area contributed by atoms with E-state index in [0.29, 0.717) is 0 Å². The highest BCUT2D eigenvalue weighted by Gasteiger charge is 2.05.